The van der Waals surface area contributed by atoms with Crippen LogP contribution in [-0.4, -0.2) is 30.5 Å². The molecule has 0 aromatic carbocycles. The molecular formula is C9H15ClF2N2O. The summed E-state index contributed by atoms with van der Waals surface area (Å²) in [5.74, 6) is -2.68. The van der Waals surface area contributed by atoms with Crippen molar-refractivity contribution in [2.45, 2.75) is 43.7 Å². The van der Waals surface area contributed by atoms with Crippen LogP contribution in [0.3, 0.4) is 0 Å². The third-order valence-corrected chi connectivity index (χ3v) is 2.81. The molecule has 1 saturated heterocycles. The van der Waals surface area contributed by atoms with E-state index in [1.54, 1.807) is 0 Å². The molecule has 0 aromatic rings. The van der Waals surface area contributed by atoms with E-state index in [9.17, 15) is 13.6 Å². The zero-order chi connectivity index (χ0) is 10.2. The van der Waals surface area contributed by atoms with Gasteiger partial charge in [-0.25, -0.2) is 8.78 Å². The van der Waals surface area contributed by atoms with Gasteiger partial charge in [0.05, 0.1) is 6.04 Å². The minimum Gasteiger partial charge on any atom is -0.352 e. The number of carbonyl (C=O) groups is 1. The van der Waals surface area contributed by atoms with E-state index in [-0.39, 0.29) is 43.2 Å². The molecule has 6 heteroatoms. The first-order valence-corrected chi connectivity index (χ1v) is 4.98. The van der Waals surface area contributed by atoms with Crippen LogP contribution in [0.25, 0.3) is 0 Å². The fourth-order valence-corrected chi connectivity index (χ4v) is 1.97. The number of halogens is 3. The first-order chi connectivity index (χ1) is 6.57. The summed E-state index contributed by atoms with van der Waals surface area (Å²) in [5.41, 5.74) is 0. The quantitative estimate of drug-likeness (QED) is 0.758. The third-order valence-electron chi connectivity index (χ3n) is 2.81. The van der Waals surface area contributed by atoms with Gasteiger partial charge in [-0.15, -0.1) is 12.4 Å². The summed E-state index contributed by atoms with van der Waals surface area (Å²) < 4.78 is 24.9. The Hall–Kier alpha value is -0.420. The van der Waals surface area contributed by atoms with Crippen LogP contribution >= 0.6 is 12.4 Å². The standard InChI is InChI=1S/C9H14F2N2O.ClH/c10-9(11)4-6(5-9)13-8(14)7-2-1-3-12-7;/h6-7,12H,1-5H2,(H,13,14);1H. The first kappa shape index (κ1) is 12.6. The monoisotopic (exact) mass is 240 g/mol. The lowest BCUT2D eigenvalue weighted by Crippen LogP contribution is -2.54. The van der Waals surface area contributed by atoms with Crippen LogP contribution in [-0.2, 0) is 4.79 Å². The van der Waals surface area contributed by atoms with Gasteiger partial charge in [0.15, 0.2) is 0 Å². The Bertz CT molecular complexity index is 236. The van der Waals surface area contributed by atoms with Crippen molar-refractivity contribution < 1.29 is 13.6 Å². The van der Waals surface area contributed by atoms with Crippen LogP contribution in [0, 0.1) is 0 Å². The predicted molar refractivity (Wildman–Crippen MR) is 54.4 cm³/mol. The lowest BCUT2D eigenvalue weighted by atomic mass is 9.88. The third kappa shape index (κ3) is 3.01. The molecule has 0 bridgehead atoms. The molecule has 3 nitrogen and oxygen atoms in total. The van der Waals surface area contributed by atoms with Gasteiger partial charge >= 0.3 is 0 Å². The van der Waals surface area contributed by atoms with Gasteiger partial charge in [0, 0.05) is 18.9 Å². The maximum absolute atomic E-state index is 12.4. The average molecular weight is 241 g/mol. The van der Waals surface area contributed by atoms with Gasteiger partial charge < -0.3 is 10.6 Å². The van der Waals surface area contributed by atoms with Crippen molar-refractivity contribution in [3.8, 4) is 0 Å². The molecule has 1 unspecified atom stereocenters. The first-order valence-electron chi connectivity index (χ1n) is 4.98. The zero-order valence-corrected chi connectivity index (χ0v) is 9.08. The molecule has 2 N–H and O–H groups in total. The predicted octanol–water partition coefficient (Wildman–Crippen LogP) is 1.07. The van der Waals surface area contributed by atoms with Crippen LogP contribution < -0.4 is 10.6 Å². The number of carbonyl (C=O) groups excluding carboxylic acids is 1. The van der Waals surface area contributed by atoms with E-state index in [1.807, 2.05) is 0 Å². The lowest BCUT2D eigenvalue weighted by Gasteiger charge is -2.35. The lowest BCUT2D eigenvalue weighted by molar-refractivity contribution is -0.130. The zero-order valence-electron chi connectivity index (χ0n) is 8.26. The highest BCUT2D eigenvalue weighted by molar-refractivity contribution is 5.85. The normalized spacial score (nSPS) is 29.1. The van der Waals surface area contributed by atoms with E-state index in [0.29, 0.717) is 0 Å². The van der Waals surface area contributed by atoms with E-state index in [1.165, 1.54) is 0 Å². The van der Waals surface area contributed by atoms with Crippen LogP contribution in [0.1, 0.15) is 25.7 Å². The largest absolute Gasteiger partial charge is 0.352 e. The molecule has 1 saturated carbocycles. The van der Waals surface area contributed by atoms with Crippen molar-refractivity contribution >= 4 is 18.3 Å². The van der Waals surface area contributed by atoms with Crippen molar-refractivity contribution in [2.75, 3.05) is 6.54 Å². The molecule has 88 valence electrons. The summed E-state index contributed by atoms with van der Waals surface area (Å²) in [4.78, 5) is 11.4. The Morgan fingerprint density at radius 1 is 1.40 bits per heavy atom. The summed E-state index contributed by atoms with van der Waals surface area (Å²) in [7, 11) is 0. The molecule has 0 radical (unpaired) electrons. The maximum atomic E-state index is 12.4. The number of alkyl halides is 2. The number of hydrogen-bond donors (Lipinski definition) is 2. The van der Waals surface area contributed by atoms with Crippen LogP contribution in [0.15, 0.2) is 0 Å². The number of nitrogens with one attached hydrogen (secondary N) is 2. The molecule has 15 heavy (non-hydrogen) atoms. The Morgan fingerprint density at radius 3 is 2.53 bits per heavy atom. The van der Waals surface area contributed by atoms with Crippen molar-refractivity contribution in [3.63, 3.8) is 0 Å². The van der Waals surface area contributed by atoms with Gasteiger partial charge in [0.2, 0.25) is 5.91 Å². The Kier molecular flexibility index (Phi) is 3.89. The van der Waals surface area contributed by atoms with Gasteiger partial charge in [-0.1, -0.05) is 0 Å². The Labute approximate surface area is 93.4 Å². The molecule has 1 amide bonds. The number of hydrogen-bond acceptors (Lipinski definition) is 2. The minimum absolute atomic E-state index is 0. The van der Waals surface area contributed by atoms with Crippen molar-refractivity contribution in [1.82, 2.24) is 10.6 Å². The van der Waals surface area contributed by atoms with Gasteiger partial charge in [-0.3, -0.25) is 4.79 Å². The second-order valence-corrected chi connectivity index (χ2v) is 4.12. The molecule has 1 heterocycles. The maximum Gasteiger partial charge on any atom is 0.252 e. The van der Waals surface area contributed by atoms with Crippen LogP contribution in [0.2, 0.25) is 0 Å². The molecule has 2 fully saturated rings. The Morgan fingerprint density at radius 2 is 2.07 bits per heavy atom. The average Bonchev–Trinajstić information content (AvgIpc) is 2.51. The molecule has 1 aliphatic carbocycles. The van der Waals surface area contributed by atoms with Gasteiger partial charge in [-0.05, 0) is 19.4 Å². The Balaban J connectivity index is 0.00000112. The summed E-state index contributed by atoms with van der Waals surface area (Å²) in [5, 5.41) is 5.66. The summed E-state index contributed by atoms with van der Waals surface area (Å²) in [6, 6.07) is -0.482. The number of amides is 1. The summed E-state index contributed by atoms with van der Waals surface area (Å²) >= 11 is 0. The van der Waals surface area contributed by atoms with Crippen molar-refractivity contribution in [3.05, 3.63) is 0 Å². The van der Waals surface area contributed by atoms with Gasteiger partial charge in [-0.2, -0.15) is 0 Å². The highest BCUT2D eigenvalue weighted by Crippen LogP contribution is 2.37. The van der Waals surface area contributed by atoms with Gasteiger partial charge in [0.1, 0.15) is 0 Å². The fourth-order valence-electron chi connectivity index (χ4n) is 1.97. The second-order valence-electron chi connectivity index (χ2n) is 4.12. The van der Waals surface area contributed by atoms with Crippen LogP contribution in [0.4, 0.5) is 8.78 Å². The summed E-state index contributed by atoms with van der Waals surface area (Å²) in [6.07, 6.45) is 1.39. The SMILES string of the molecule is Cl.O=C(NC1CC(F)(F)C1)C1CCCN1. The molecule has 1 atom stereocenters. The molecule has 0 spiro atoms. The van der Waals surface area contributed by atoms with E-state index in [4.69, 9.17) is 0 Å². The highest BCUT2D eigenvalue weighted by Gasteiger charge is 2.46. The van der Waals surface area contributed by atoms with E-state index in [0.717, 1.165) is 19.4 Å². The topological polar surface area (TPSA) is 41.1 Å². The molecule has 0 aromatic heterocycles. The van der Waals surface area contributed by atoms with Crippen molar-refractivity contribution in [2.24, 2.45) is 0 Å². The molecular weight excluding hydrogens is 226 g/mol. The van der Waals surface area contributed by atoms with Gasteiger partial charge in [0.25, 0.3) is 5.92 Å². The smallest absolute Gasteiger partial charge is 0.252 e. The minimum atomic E-state index is -2.55. The van der Waals surface area contributed by atoms with E-state index >= 15 is 0 Å². The van der Waals surface area contributed by atoms with Crippen molar-refractivity contribution in [1.29, 1.82) is 0 Å². The highest BCUT2D eigenvalue weighted by atomic mass is 35.5. The summed E-state index contributed by atoms with van der Waals surface area (Å²) in [6.45, 7) is 0.846. The number of rotatable bonds is 2. The van der Waals surface area contributed by atoms with E-state index in [2.05, 4.69) is 10.6 Å². The fraction of sp³-hybridized carbons (Fsp3) is 0.889. The molecule has 2 rings (SSSR count). The van der Waals surface area contributed by atoms with E-state index < -0.39 is 5.92 Å². The molecule has 2 aliphatic rings. The second kappa shape index (κ2) is 4.61. The molecule has 1 aliphatic heterocycles. The van der Waals surface area contributed by atoms with Crippen LogP contribution in [0.5, 0.6) is 0 Å².